The number of nitrogens with one attached hydrogen (secondary N) is 1. The monoisotopic (exact) mass is 475 g/mol. The lowest BCUT2D eigenvalue weighted by Gasteiger charge is -2.32. The maximum atomic E-state index is 15.1. The molecule has 3 aromatic rings. The zero-order valence-electron chi connectivity index (χ0n) is 19.3. The third kappa shape index (κ3) is 4.01. The molecule has 7 nitrogen and oxygen atoms in total. The van der Waals surface area contributed by atoms with Crippen LogP contribution in [0.1, 0.15) is 58.6 Å². The minimum absolute atomic E-state index is 0.0904. The Morgan fingerprint density at radius 2 is 1.86 bits per heavy atom. The molecular formula is C27H26FN3O4. The molecular weight excluding hydrogens is 449 g/mol. The summed E-state index contributed by atoms with van der Waals surface area (Å²) >= 11 is 0. The van der Waals surface area contributed by atoms with E-state index < -0.39 is 11.9 Å². The van der Waals surface area contributed by atoms with Crippen molar-refractivity contribution in [2.24, 2.45) is 0 Å². The molecule has 8 heteroatoms. The van der Waals surface area contributed by atoms with Gasteiger partial charge in [-0.15, -0.1) is 0 Å². The third-order valence-electron chi connectivity index (χ3n) is 7.59. The average molecular weight is 476 g/mol. The van der Waals surface area contributed by atoms with Crippen molar-refractivity contribution in [1.29, 1.82) is 0 Å². The lowest BCUT2D eigenvalue weighted by molar-refractivity contribution is -0.136. The van der Waals surface area contributed by atoms with Gasteiger partial charge < -0.3 is 9.32 Å². The second-order valence-electron chi connectivity index (χ2n) is 9.77. The summed E-state index contributed by atoms with van der Waals surface area (Å²) in [6.45, 7) is 2.84. The Hall–Kier alpha value is -3.52. The fourth-order valence-corrected chi connectivity index (χ4v) is 5.70. The van der Waals surface area contributed by atoms with Gasteiger partial charge in [-0.2, -0.15) is 0 Å². The lowest BCUT2D eigenvalue weighted by Crippen LogP contribution is -2.52. The zero-order valence-corrected chi connectivity index (χ0v) is 19.3. The molecule has 0 spiro atoms. The molecule has 1 atom stereocenters. The van der Waals surface area contributed by atoms with Gasteiger partial charge >= 0.3 is 0 Å². The van der Waals surface area contributed by atoms with Gasteiger partial charge in [-0.3, -0.25) is 24.6 Å². The molecule has 35 heavy (non-hydrogen) atoms. The van der Waals surface area contributed by atoms with E-state index in [2.05, 4.69) is 22.3 Å². The maximum absolute atomic E-state index is 15.1. The van der Waals surface area contributed by atoms with E-state index in [0.717, 1.165) is 49.0 Å². The molecule has 0 radical (unpaired) electrons. The number of fused-ring (bicyclic) bond motifs is 2. The Labute approximate surface area is 201 Å². The number of halogens is 1. The molecule has 0 saturated carbocycles. The number of benzene rings is 2. The first-order valence-corrected chi connectivity index (χ1v) is 12.1. The summed E-state index contributed by atoms with van der Waals surface area (Å²) in [5, 5.41) is 3.40. The number of rotatable bonds is 4. The largest absolute Gasteiger partial charge is 0.464 e. The van der Waals surface area contributed by atoms with Crippen molar-refractivity contribution in [3.8, 4) is 0 Å². The van der Waals surface area contributed by atoms with Crippen molar-refractivity contribution in [1.82, 2.24) is 15.1 Å². The van der Waals surface area contributed by atoms with Gasteiger partial charge in [-0.1, -0.05) is 12.1 Å². The molecule has 0 bridgehead atoms. The smallest absolute Gasteiger partial charge is 0.255 e. The van der Waals surface area contributed by atoms with E-state index in [1.54, 1.807) is 6.26 Å². The molecule has 1 unspecified atom stereocenters. The minimum Gasteiger partial charge on any atom is -0.464 e. The predicted molar refractivity (Wildman–Crippen MR) is 126 cm³/mol. The van der Waals surface area contributed by atoms with Crippen LogP contribution in [0.15, 0.2) is 47.1 Å². The van der Waals surface area contributed by atoms with Crippen LogP contribution in [0.25, 0.3) is 11.0 Å². The fraction of sp³-hybridized carbons (Fsp3) is 0.370. The molecule has 3 amide bonds. The number of hydrogen-bond donors (Lipinski definition) is 1. The number of likely N-dealkylation sites (tertiary alicyclic amines) is 1. The number of carbonyl (C=O) groups excluding carboxylic acids is 3. The summed E-state index contributed by atoms with van der Waals surface area (Å²) in [6.07, 6.45) is 3.88. The van der Waals surface area contributed by atoms with Crippen LogP contribution in [-0.4, -0.2) is 46.7 Å². The van der Waals surface area contributed by atoms with Crippen molar-refractivity contribution in [2.45, 2.75) is 50.7 Å². The Bertz CT molecular complexity index is 1340. The van der Waals surface area contributed by atoms with Crippen LogP contribution in [0, 0.1) is 5.82 Å². The van der Waals surface area contributed by atoms with Gasteiger partial charge in [0, 0.05) is 30.5 Å². The summed E-state index contributed by atoms with van der Waals surface area (Å²) in [7, 11) is 0. The summed E-state index contributed by atoms with van der Waals surface area (Å²) in [6, 6.07) is 10.7. The van der Waals surface area contributed by atoms with Crippen LogP contribution < -0.4 is 5.32 Å². The molecule has 6 rings (SSSR count). The normalized spacial score (nSPS) is 21.6. The highest BCUT2D eigenvalue weighted by molar-refractivity contribution is 6.05. The van der Waals surface area contributed by atoms with Crippen LogP contribution in [-0.2, 0) is 22.7 Å². The minimum atomic E-state index is -0.691. The van der Waals surface area contributed by atoms with Gasteiger partial charge in [0.1, 0.15) is 17.4 Å². The second kappa shape index (κ2) is 8.61. The number of hydrogen-bond acceptors (Lipinski definition) is 5. The second-order valence-corrected chi connectivity index (χ2v) is 9.77. The molecule has 4 heterocycles. The average Bonchev–Trinajstić information content (AvgIpc) is 3.43. The van der Waals surface area contributed by atoms with Gasteiger partial charge in [0.05, 0.1) is 6.26 Å². The molecule has 0 aliphatic carbocycles. The quantitative estimate of drug-likeness (QED) is 0.582. The predicted octanol–water partition coefficient (Wildman–Crippen LogP) is 3.71. The summed E-state index contributed by atoms with van der Waals surface area (Å²) in [5.74, 6) is -1.39. The van der Waals surface area contributed by atoms with Crippen LogP contribution in [0.3, 0.4) is 0 Å². The van der Waals surface area contributed by atoms with Crippen LogP contribution in [0.2, 0.25) is 0 Å². The van der Waals surface area contributed by atoms with Crippen molar-refractivity contribution in [3.05, 3.63) is 70.7 Å². The van der Waals surface area contributed by atoms with Crippen LogP contribution >= 0.6 is 0 Å². The summed E-state index contributed by atoms with van der Waals surface area (Å²) in [4.78, 5) is 40.5. The van der Waals surface area contributed by atoms with Gasteiger partial charge in [-0.05, 0) is 79.2 Å². The van der Waals surface area contributed by atoms with E-state index in [1.807, 2.05) is 18.2 Å². The van der Waals surface area contributed by atoms with Crippen molar-refractivity contribution >= 4 is 28.7 Å². The number of furan rings is 1. The third-order valence-corrected chi connectivity index (χ3v) is 7.59. The van der Waals surface area contributed by atoms with Gasteiger partial charge in [0.2, 0.25) is 11.8 Å². The Kier molecular flexibility index (Phi) is 5.40. The molecule has 3 aliphatic heterocycles. The maximum Gasteiger partial charge on any atom is 0.255 e. The standard InChI is InChI=1S/C27H26FN3O4/c28-22-13-21-19(15-31(27(21)34)23-2-4-25(32)29-26(23)33)12-20(22)17-5-8-30(9-6-17)14-16-1-3-24-18(11-16)7-10-35-24/h1,3,7,10-13,17,23H,2,4-6,8-9,14-15H2,(H,29,32,33). The number of nitrogens with zero attached hydrogens (tertiary/aromatic N) is 2. The number of piperidine rings is 2. The summed E-state index contributed by atoms with van der Waals surface area (Å²) < 4.78 is 20.6. The molecule has 3 aliphatic rings. The van der Waals surface area contributed by atoms with E-state index in [9.17, 15) is 14.4 Å². The zero-order chi connectivity index (χ0) is 24.1. The SMILES string of the molecule is O=C1CCC(N2Cc3cc(C4CCN(Cc5ccc6occc6c5)CC4)c(F)cc3C2=O)C(=O)N1. The molecule has 1 aromatic heterocycles. The number of carbonyl (C=O) groups is 3. The molecule has 2 aromatic carbocycles. The molecule has 2 fully saturated rings. The van der Waals surface area contributed by atoms with E-state index in [1.165, 1.54) is 16.5 Å². The highest BCUT2D eigenvalue weighted by Gasteiger charge is 2.40. The molecule has 1 N–H and O–H groups in total. The van der Waals surface area contributed by atoms with Gasteiger partial charge in [0.15, 0.2) is 0 Å². The highest BCUT2D eigenvalue weighted by Crippen LogP contribution is 2.35. The van der Waals surface area contributed by atoms with E-state index in [4.69, 9.17) is 4.42 Å². The topological polar surface area (TPSA) is 82.9 Å². The Morgan fingerprint density at radius 3 is 2.66 bits per heavy atom. The first-order chi connectivity index (χ1) is 17.0. The van der Waals surface area contributed by atoms with Crippen LogP contribution in [0.4, 0.5) is 4.39 Å². The number of imide groups is 1. The first kappa shape index (κ1) is 22.0. The first-order valence-electron chi connectivity index (χ1n) is 12.1. The summed E-state index contributed by atoms with van der Waals surface area (Å²) in [5.41, 5.74) is 3.85. The van der Waals surface area contributed by atoms with Gasteiger partial charge in [-0.25, -0.2) is 4.39 Å². The van der Waals surface area contributed by atoms with Gasteiger partial charge in [0.25, 0.3) is 5.91 Å². The van der Waals surface area contributed by atoms with Crippen molar-refractivity contribution in [2.75, 3.05) is 13.1 Å². The van der Waals surface area contributed by atoms with Crippen molar-refractivity contribution in [3.63, 3.8) is 0 Å². The lowest BCUT2D eigenvalue weighted by atomic mass is 9.87. The Balaban J connectivity index is 1.13. The highest BCUT2D eigenvalue weighted by atomic mass is 19.1. The molecule has 180 valence electrons. The Morgan fingerprint density at radius 1 is 1.03 bits per heavy atom. The fourth-order valence-electron chi connectivity index (χ4n) is 5.70. The van der Waals surface area contributed by atoms with E-state index >= 15 is 4.39 Å². The molecule has 2 saturated heterocycles. The van der Waals surface area contributed by atoms with Crippen molar-refractivity contribution < 1.29 is 23.2 Å². The number of amides is 3. The van der Waals surface area contributed by atoms with E-state index in [0.29, 0.717) is 17.5 Å². The van der Waals surface area contributed by atoms with E-state index in [-0.39, 0.29) is 36.5 Å². The van der Waals surface area contributed by atoms with Crippen LogP contribution in [0.5, 0.6) is 0 Å².